The van der Waals surface area contributed by atoms with Gasteiger partial charge >= 0.3 is 5.69 Å². The molecule has 0 unspecified atom stereocenters. The highest BCUT2D eigenvalue weighted by atomic mass is 16.6. The molecule has 0 aliphatic heterocycles. The molecule has 1 N–H and O–H groups in total. The molecule has 0 aliphatic carbocycles. The third-order valence-electron chi connectivity index (χ3n) is 2.80. The van der Waals surface area contributed by atoms with E-state index < -0.39 is 4.92 Å². The van der Waals surface area contributed by atoms with E-state index in [0.29, 0.717) is 18.0 Å². The lowest BCUT2D eigenvalue weighted by atomic mass is 10.1. The Hall–Kier alpha value is -2.48. The van der Waals surface area contributed by atoms with Crippen LogP contribution in [0.1, 0.15) is 19.2 Å². The molecule has 0 radical (unpaired) electrons. The first kappa shape index (κ1) is 14.9. The summed E-state index contributed by atoms with van der Waals surface area (Å²) in [6, 6.07) is 4.56. The molecule has 21 heavy (non-hydrogen) atoms. The van der Waals surface area contributed by atoms with E-state index in [4.69, 9.17) is 9.15 Å². The maximum absolute atomic E-state index is 11.0. The van der Waals surface area contributed by atoms with Gasteiger partial charge in [-0.3, -0.25) is 10.1 Å². The summed E-state index contributed by atoms with van der Waals surface area (Å²) in [5, 5.41) is 22.0. The maximum atomic E-state index is 11.0. The first-order chi connectivity index (χ1) is 10.2. The Kier molecular flexibility index (Phi) is 4.83. The number of nitrogens with one attached hydrogen (secondary N) is 1. The van der Waals surface area contributed by atoms with Gasteiger partial charge in [-0.05, 0) is 19.0 Å². The minimum absolute atomic E-state index is 0.110. The van der Waals surface area contributed by atoms with E-state index in [-0.39, 0.29) is 17.3 Å². The van der Waals surface area contributed by atoms with Crippen molar-refractivity contribution in [2.24, 2.45) is 0 Å². The zero-order valence-corrected chi connectivity index (χ0v) is 11.8. The van der Waals surface area contributed by atoms with Crippen molar-refractivity contribution in [3.8, 4) is 17.2 Å². The predicted octanol–water partition coefficient (Wildman–Crippen LogP) is 2.15. The number of methoxy groups -OCH3 is 1. The molecule has 0 fully saturated rings. The van der Waals surface area contributed by atoms with E-state index >= 15 is 0 Å². The fraction of sp³-hybridized carbons (Fsp3) is 0.385. The molecule has 2 rings (SSSR count). The third-order valence-corrected chi connectivity index (χ3v) is 2.80. The van der Waals surface area contributed by atoms with Gasteiger partial charge < -0.3 is 14.5 Å². The van der Waals surface area contributed by atoms with Gasteiger partial charge in [0.25, 0.3) is 5.89 Å². The molecule has 8 nitrogen and oxygen atoms in total. The summed E-state index contributed by atoms with van der Waals surface area (Å²) >= 11 is 0. The van der Waals surface area contributed by atoms with Crippen LogP contribution < -0.4 is 10.1 Å². The van der Waals surface area contributed by atoms with Crippen molar-refractivity contribution in [1.29, 1.82) is 0 Å². The summed E-state index contributed by atoms with van der Waals surface area (Å²) < 4.78 is 10.6. The van der Waals surface area contributed by atoms with Crippen LogP contribution in [0.5, 0.6) is 5.75 Å². The first-order valence-corrected chi connectivity index (χ1v) is 6.52. The van der Waals surface area contributed by atoms with Crippen molar-refractivity contribution in [2.75, 3.05) is 13.7 Å². The second kappa shape index (κ2) is 6.80. The van der Waals surface area contributed by atoms with Crippen molar-refractivity contribution in [3.05, 3.63) is 34.2 Å². The number of hydrogen-bond donors (Lipinski definition) is 1. The van der Waals surface area contributed by atoms with Crippen LogP contribution in [0.3, 0.4) is 0 Å². The summed E-state index contributed by atoms with van der Waals surface area (Å²) in [5.74, 6) is 0.732. The van der Waals surface area contributed by atoms with Crippen LogP contribution in [-0.4, -0.2) is 28.8 Å². The largest absolute Gasteiger partial charge is 0.490 e. The Morgan fingerprint density at radius 3 is 2.90 bits per heavy atom. The Bertz CT molecular complexity index is 626. The van der Waals surface area contributed by atoms with Gasteiger partial charge in [-0.25, -0.2) is 0 Å². The predicted molar refractivity (Wildman–Crippen MR) is 74.9 cm³/mol. The lowest BCUT2D eigenvalue weighted by Crippen LogP contribution is -2.13. The zero-order valence-electron chi connectivity index (χ0n) is 11.8. The summed E-state index contributed by atoms with van der Waals surface area (Å²) in [4.78, 5) is 10.5. The summed E-state index contributed by atoms with van der Waals surface area (Å²) in [6.07, 6.45) is 1.000. The number of ether oxygens (including phenoxy) is 1. The highest BCUT2D eigenvalue weighted by Gasteiger charge is 2.22. The van der Waals surface area contributed by atoms with Crippen LogP contribution in [0.4, 0.5) is 5.69 Å². The molecule has 0 aliphatic rings. The van der Waals surface area contributed by atoms with Gasteiger partial charge in [0.05, 0.1) is 24.1 Å². The number of benzene rings is 1. The summed E-state index contributed by atoms with van der Waals surface area (Å²) in [6.45, 7) is 3.36. The van der Waals surface area contributed by atoms with Gasteiger partial charge in [0.15, 0.2) is 0 Å². The fourth-order valence-electron chi connectivity index (χ4n) is 1.86. The number of nitro benzene ring substituents is 1. The number of nitrogens with zero attached hydrogens (tertiary/aromatic N) is 3. The number of para-hydroxylation sites is 1. The molecule has 0 atom stereocenters. The number of hydrogen-bond acceptors (Lipinski definition) is 7. The fourth-order valence-corrected chi connectivity index (χ4v) is 1.86. The highest BCUT2D eigenvalue weighted by molar-refractivity contribution is 5.69. The minimum atomic E-state index is -0.511. The molecule has 2 aromatic rings. The lowest BCUT2D eigenvalue weighted by molar-refractivity contribution is -0.385. The van der Waals surface area contributed by atoms with Crippen molar-refractivity contribution in [3.63, 3.8) is 0 Å². The van der Waals surface area contributed by atoms with Crippen molar-refractivity contribution < 1.29 is 14.1 Å². The molecular formula is C13H16N4O4. The molecule has 112 valence electrons. The van der Waals surface area contributed by atoms with Crippen molar-refractivity contribution in [1.82, 2.24) is 15.5 Å². The quantitative estimate of drug-likeness (QED) is 0.473. The Balaban J connectivity index is 2.29. The molecule has 1 aromatic carbocycles. The smallest absolute Gasteiger partial charge is 0.311 e. The topological polar surface area (TPSA) is 103 Å². The third kappa shape index (κ3) is 3.34. The first-order valence-electron chi connectivity index (χ1n) is 6.52. The van der Waals surface area contributed by atoms with Crippen LogP contribution in [0.15, 0.2) is 22.6 Å². The molecule has 0 bridgehead atoms. The minimum Gasteiger partial charge on any atom is -0.490 e. The lowest BCUT2D eigenvalue weighted by Gasteiger charge is -2.05. The van der Waals surface area contributed by atoms with Crippen LogP contribution in [0.2, 0.25) is 0 Å². The van der Waals surface area contributed by atoms with Gasteiger partial charge in [0.1, 0.15) is 0 Å². The van der Waals surface area contributed by atoms with Crippen molar-refractivity contribution in [2.45, 2.75) is 19.9 Å². The zero-order chi connectivity index (χ0) is 15.2. The normalized spacial score (nSPS) is 10.6. The van der Waals surface area contributed by atoms with Crippen LogP contribution >= 0.6 is 0 Å². The molecular weight excluding hydrogens is 276 g/mol. The van der Waals surface area contributed by atoms with Crippen molar-refractivity contribution >= 4 is 5.69 Å². The molecule has 8 heteroatoms. The molecule has 1 heterocycles. The second-order valence-corrected chi connectivity index (χ2v) is 4.29. The van der Waals surface area contributed by atoms with Crippen LogP contribution in [-0.2, 0) is 6.54 Å². The van der Waals surface area contributed by atoms with Gasteiger partial charge in [-0.15, -0.1) is 10.2 Å². The summed E-state index contributed by atoms with van der Waals surface area (Å²) in [5.41, 5.74) is 0.264. The van der Waals surface area contributed by atoms with E-state index in [2.05, 4.69) is 22.4 Å². The van der Waals surface area contributed by atoms with Gasteiger partial charge in [-0.2, -0.15) is 0 Å². The molecule has 1 aromatic heterocycles. The number of aromatic nitrogens is 2. The molecule has 0 spiro atoms. The van der Waals surface area contributed by atoms with E-state index in [0.717, 1.165) is 13.0 Å². The highest BCUT2D eigenvalue weighted by Crippen LogP contribution is 2.36. The van der Waals surface area contributed by atoms with Crippen LogP contribution in [0.25, 0.3) is 11.5 Å². The molecule has 0 amide bonds. The Labute approximate surface area is 121 Å². The average Bonchev–Trinajstić information content (AvgIpc) is 2.95. The van der Waals surface area contributed by atoms with E-state index in [1.165, 1.54) is 13.2 Å². The standard InChI is InChI=1S/C13H16N4O4/c1-3-7-14-8-11-15-16-13(21-11)9-5-4-6-10(17(18)19)12(9)20-2/h4-6,14H,3,7-8H2,1-2H3. The molecule has 0 saturated carbocycles. The number of nitro groups is 1. The second-order valence-electron chi connectivity index (χ2n) is 4.29. The monoisotopic (exact) mass is 292 g/mol. The van der Waals surface area contributed by atoms with E-state index in [1.807, 2.05) is 0 Å². The average molecular weight is 292 g/mol. The summed E-state index contributed by atoms with van der Waals surface area (Å²) in [7, 11) is 1.37. The molecule has 0 saturated heterocycles. The van der Waals surface area contributed by atoms with Gasteiger partial charge in [-0.1, -0.05) is 13.0 Å². The van der Waals surface area contributed by atoms with E-state index in [9.17, 15) is 10.1 Å². The SMILES string of the molecule is CCCNCc1nnc(-c2cccc([N+](=O)[O-])c2OC)o1. The van der Waals surface area contributed by atoms with Crippen LogP contribution in [0, 0.1) is 10.1 Å². The Morgan fingerprint density at radius 2 is 2.24 bits per heavy atom. The Morgan fingerprint density at radius 1 is 1.43 bits per heavy atom. The van der Waals surface area contributed by atoms with Gasteiger partial charge in [0, 0.05) is 6.07 Å². The van der Waals surface area contributed by atoms with E-state index in [1.54, 1.807) is 12.1 Å². The number of rotatable bonds is 7. The van der Waals surface area contributed by atoms with Gasteiger partial charge in [0.2, 0.25) is 11.6 Å². The maximum Gasteiger partial charge on any atom is 0.311 e.